The van der Waals surface area contributed by atoms with Crippen molar-refractivity contribution in [1.29, 1.82) is 0 Å². The summed E-state index contributed by atoms with van der Waals surface area (Å²) in [4.78, 5) is 48.9. The monoisotopic (exact) mass is 318 g/mol. The summed E-state index contributed by atoms with van der Waals surface area (Å²) in [5.41, 5.74) is -0.152. The van der Waals surface area contributed by atoms with Crippen LogP contribution >= 0.6 is 0 Å². The van der Waals surface area contributed by atoms with Crippen molar-refractivity contribution in [3.05, 3.63) is 35.5 Å². The molecule has 1 N–H and O–H groups in total. The van der Waals surface area contributed by atoms with E-state index < -0.39 is 17.4 Å². The number of carbonyl (C=O) groups excluding carboxylic acids is 4. The van der Waals surface area contributed by atoms with Crippen LogP contribution in [0, 0.1) is 0 Å². The molecule has 0 aliphatic carbocycles. The molecule has 0 aromatic carbocycles. The summed E-state index contributed by atoms with van der Waals surface area (Å²) in [7, 11) is 1.48. The van der Waals surface area contributed by atoms with Crippen molar-refractivity contribution in [2.45, 2.75) is 39.2 Å². The smallest absolute Gasteiger partial charge is 0.255 e. The summed E-state index contributed by atoms with van der Waals surface area (Å²) in [5.74, 6) is -1.37. The number of nitrogens with one attached hydrogen (secondary N) is 1. The molecule has 0 saturated carbocycles. The second kappa shape index (κ2) is 7.17. The summed E-state index contributed by atoms with van der Waals surface area (Å²) >= 11 is 0. The van der Waals surface area contributed by atoms with Gasteiger partial charge in [-0.05, 0) is 32.8 Å². The molecule has 0 radical (unpaired) electrons. The number of allylic oxidation sites excluding steroid dienone is 3. The average Bonchev–Trinajstić information content (AvgIpc) is 2.54. The van der Waals surface area contributed by atoms with Gasteiger partial charge in [-0.15, -0.1) is 0 Å². The number of hydrogen-bond donors (Lipinski definition) is 1. The zero-order chi connectivity index (χ0) is 17.8. The van der Waals surface area contributed by atoms with E-state index >= 15 is 0 Å². The van der Waals surface area contributed by atoms with E-state index in [1.54, 1.807) is 26.8 Å². The van der Waals surface area contributed by atoms with Crippen LogP contribution in [0.15, 0.2) is 35.5 Å². The van der Waals surface area contributed by atoms with Crippen LogP contribution in [0.4, 0.5) is 0 Å². The van der Waals surface area contributed by atoms with E-state index in [4.69, 9.17) is 0 Å². The molecule has 6 heteroatoms. The van der Waals surface area contributed by atoms with Crippen LogP contribution < -0.4 is 5.32 Å². The number of aldehydes is 1. The van der Waals surface area contributed by atoms with Crippen LogP contribution in [0.1, 0.15) is 33.6 Å². The molecule has 1 fully saturated rings. The largest absolute Gasteiger partial charge is 0.327 e. The van der Waals surface area contributed by atoms with E-state index in [9.17, 15) is 19.2 Å². The Morgan fingerprint density at radius 2 is 1.96 bits per heavy atom. The van der Waals surface area contributed by atoms with Gasteiger partial charge >= 0.3 is 0 Å². The van der Waals surface area contributed by atoms with Gasteiger partial charge in [0.15, 0.2) is 6.29 Å². The van der Waals surface area contributed by atoms with Gasteiger partial charge in [-0.2, -0.15) is 0 Å². The van der Waals surface area contributed by atoms with Crippen molar-refractivity contribution >= 4 is 24.0 Å². The second-order valence-corrected chi connectivity index (χ2v) is 5.64. The summed E-state index contributed by atoms with van der Waals surface area (Å²) < 4.78 is 0. The third-order valence-corrected chi connectivity index (χ3v) is 4.33. The Balaban J connectivity index is 3.28. The molecule has 1 heterocycles. The van der Waals surface area contributed by atoms with Crippen LogP contribution in [0.5, 0.6) is 0 Å². The maximum atomic E-state index is 12.8. The molecule has 3 amide bonds. The molecule has 0 spiro atoms. The van der Waals surface area contributed by atoms with Gasteiger partial charge < -0.3 is 4.90 Å². The highest BCUT2D eigenvalue weighted by molar-refractivity contribution is 6.08. The number of rotatable bonds is 5. The maximum Gasteiger partial charge on any atom is 0.255 e. The SMILES string of the molecule is C=C/C(C(=O)N(C)C1(C)CCC(=O)NC1=O)=C(C=O)\C(C)=C/C. The second-order valence-electron chi connectivity index (χ2n) is 5.64. The van der Waals surface area contributed by atoms with Crippen molar-refractivity contribution in [1.82, 2.24) is 10.2 Å². The Kier molecular flexibility index (Phi) is 5.79. The predicted molar refractivity (Wildman–Crippen MR) is 86.3 cm³/mol. The molecule has 124 valence electrons. The van der Waals surface area contributed by atoms with Crippen molar-refractivity contribution in [2.24, 2.45) is 0 Å². The highest BCUT2D eigenvalue weighted by Crippen LogP contribution is 2.27. The molecule has 1 rings (SSSR count). The fourth-order valence-corrected chi connectivity index (χ4v) is 2.36. The Morgan fingerprint density at radius 1 is 1.35 bits per heavy atom. The van der Waals surface area contributed by atoms with Crippen molar-refractivity contribution < 1.29 is 19.2 Å². The van der Waals surface area contributed by atoms with Gasteiger partial charge in [0.1, 0.15) is 5.54 Å². The maximum absolute atomic E-state index is 12.8. The highest BCUT2D eigenvalue weighted by atomic mass is 16.2. The van der Waals surface area contributed by atoms with Crippen LogP contribution in [0.2, 0.25) is 0 Å². The molecule has 1 atom stereocenters. The van der Waals surface area contributed by atoms with Crippen molar-refractivity contribution in [3.8, 4) is 0 Å². The summed E-state index contributed by atoms with van der Waals surface area (Å²) in [5, 5.41) is 2.25. The number of hydrogen-bond acceptors (Lipinski definition) is 4. The number of likely N-dealkylation sites (N-methyl/N-ethyl adjacent to an activating group) is 1. The Labute approximate surface area is 135 Å². The van der Waals surface area contributed by atoms with E-state index in [-0.39, 0.29) is 29.9 Å². The van der Waals surface area contributed by atoms with Gasteiger partial charge in [-0.25, -0.2) is 0 Å². The Morgan fingerprint density at radius 3 is 2.39 bits per heavy atom. The highest BCUT2D eigenvalue weighted by Gasteiger charge is 2.44. The summed E-state index contributed by atoms with van der Waals surface area (Å²) in [6.45, 7) is 8.67. The third kappa shape index (κ3) is 3.47. The molecular formula is C17H22N2O4. The lowest BCUT2D eigenvalue weighted by Crippen LogP contribution is -2.61. The molecule has 0 aromatic heterocycles. The lowest BCUT2D eigenvalue weighted by Gasteiger charge is -2.40. The number of amides is 3. The standard InChI is InChI=1S/C17H22N2O4/c1-6-11(3)13(10-20)12(7-2)15(22)19(5)17(4)9-8-14(21)18-16(17)23/h6-7,10H,2,8-9H2,1,3-5H3,(H,18,21,23)/b11-6-,13-12+. The summed E-state index contributed by atoms with van der Waals surface area (Å²) in [6.07, 6.45) is 4.01. The normalized spacial score (nSPS) is 22.9. The first-order valence-electron chi connectivity index (χ1n) is 7.30. The van der Waals surface area contributed by atoms with Crippen molar-refractivity contribution in [2.75, 3.05) is 7.05 Å². The van der Waals surface area contributed by atoms with E-state index in [1.807, 2.05) is 0 Å². The van der Waals surface area contributed by atoms with Gasteiger partial charge in [0.05, 0.1) is 0 Å². The first-order valence-corrected chi connectivity index (χ1v) is 7.30. The number of carbonyl (C=O) groups is 4. The van der Waals surface area contributed by atoms with Crippen molar-refractivity contribution in [3.63, 3.8) is 0 Å². The quantitative estimate of drug-likeness (QED) is 0.358. The molecule has 1 aliphatic rings. The minimum absolute atomic E-state index is 0.129. The third-order valence-electron chi connectivity index (χ3n) is 4.33. The number of imide groups is 1. The Hall–Kier alpha value is -2.50. The van der Waals surface area contributed by atoms with Gasteiger partial charge in [0, 0.05) is 24.6 Å². The predicted octanol–water partition coefficient (Wildman–Crippen LogP) is 1.29. The van der Waals surface area contributed by atoms with Gasteiger partial charge in [-0.3, -0.25) is 24.5 Å². The molecule has 1 saturated heterocycles. The van der Waals surface area contributed by atoms with Crippen LogP contribution in [0.3, 0.4) is 0 Å². The molecule has 6 nitrogen and oxygen atoms in total. The van der Waals surface area contributed by atoms with Gasteiger partial charge in [-0.1, -0.05) is 18.7 Å². The van der Waals surface area contributed by atoms with E-state index in [0.717, 1.165) is 0 Å². The lowest BCUT2D eigenvalue weighted by atomic mass is 9.88. The first-order chi connectivity index (χ1) is 10.7. The minimum atomic E-state index is -1.16. The van der Waals surface area contributed by atoms with Crippen LogP contribution in [-0.2, 0) is 19.2 Å². The molecule has 1 unspecified atom stereocenters. The average molecular weight is 318 g/mol. The fourth-order valence-electron chi connectivity index (χ4n) is 2.36. The Bertz CT molecular complexity index is 631. The molecule has 23 heavy (non-hydrogen) atoms. The zero-order valence-corrected chi connectivity index (χ0v) is 13.9. The van der Waals surface area contributed by atoms with Crippen LogP contribution in [0.25, 0.3) is 0 Å². The molecule has 1 aliphatic heterocycles. The van der Waals surface area contributed by atoms with Gasteiger partial charge in [0.2, 0.25) is 5.91 Å². The van der Waals surface area contributed by atoms with Gasteiger partial charge in [0.25, 0.3) is 11.8 Å². The topological polar surface area (TPSA) is 83.6 Å². The lowest BCUT2D eigenvalue weighted by molar-refractivity contribution is -0.149. The molecule has 0 bridgehead atoms. The van der Waals surface area contributed by atoms with E-state index in [2.05, 4.69) is 11.9 Å². The fraction of sp³-hybridized carbons (Fsp3) is 0.412. The van der Waals surface area contributed by atoms with E-state index in [1.165, 1.54) is 18.0 Å². The number of piperidine rings is 1. The zero-order valence-electron chi connectivity index (χ0n) is 13.9. The van der Waals surface area contributed by atoms with E-state index in [0.29, 0.717) is 11.9 Å². The first kappa shape index (κ1) is 18.5. The minimum Gasteiger partial charge on any atom is -0.327 e. The molecular weight excluding hydrogens is 296 g/mol. The molecule has 0 aromatic rings. The van der Waals surface area contributed by atoms with Crippen LogP contribution in [-0.4, -0.2) is 41.5 Å². The number of nitrogens with zero attached hydrogens (tertiary/aromatic N) is 1. The summed E-state index contributed by atoms with van der Waals surface area (Å²) in [6, 6.07) is 0.